The van der Waals surface area contributed by atoms with Gasteiger partial charge in [-0.25, -0.2) is 0 Å². The number of hydrogen-bond donors (Lipinski definition) is 1. The molecule has 0 bridgehead atoms. The molecule has 2 N–H and O–H groups in total. The molecule has 86 valence electrons. The van der Waals surface area contributed by atoms with E-state index in [1.165, 1.54) is 18.4 Å². The lowest BCUT2D eigenvalue weighted by atomic mass is 9.91. The minimum Gasteiger partial charge on any atom is -0.327 e. The van der Waals surface area contributed by atoms with Crippen LogP contribution in [0.15, 0.2) is 12.4 Å². The molecule has 1 aromatic heterocycles. The Hall–Kier alpha value is -0.830. The highest BCUT2D eigenvalue weighted by Crippen LogP contribution is 2.15. The summed E-state index contributed by atoms with van der Waals surface area (Å²) in [5.41, 5.74) is 7.46. The molecule has 0 aromatic carbocycles. The summed E-state index contributed by atoms with van der Waals surface area (Å²) in [6.07, 6.45) is 8.48. The lowest BCUT2D eigenvalue weighted by Crippen LogP contribution is -2.29. The summed E-state index contributed by atoms with van der Waals surface area (Å²) < 4.78 is 1.85. The van der Waals surface area contributed by atoms with Gasteiger partial charge in [-0.1, -0.05) is 26.7 Å². The molecule has 1 heterocycles. The Bertz CT molecular complexity index is 276. The second kappa shape index (κ2) is 5.91. The zero-order valence-corrected chi connectivity index (χ0v) is 10.1. The SMILES string of the molecule is CCC(CC)C(N)CCc1cnn(C)c1. The summed E-state index contributed by atoms with van der Waals surface area (Å²) in [6.45, 7) is 4.44. The van der Waals surface area contributed by atoms with Crippen LogP contribution in [0, 0.1) is 5.92 Å². The first kappa shape index (κ1) is 12.2. The Morgan fingerprint density at radius 1 is 1.40 bits per heavy atom. The molecule has 0 saturated carbocycles. The topological polar surface area (TPSA) is 43.8 Å². The summed E-state index contributed by atoms with van der Waals surface area (Å²) in [6, 6.07) is 0.334. The van der Waals surface area contributed by atoms with Gasteiger partial charge < -0.3 is 5.73 Å². The second-order valence-electron chi connectivity index (χ2n) is 4.30. The van der Waals surface area contributed by atoms with Crippen molar-refractivity contribution in [2.45, 2.75) is 45.6 Å². The summed E-state index contributed by atoms with van der Waals surface area (Å²) in [5.74, 6) is 0.668. The highest BCUT2D eigenvalue weighted by molar-refractivity contribution is 5.04. The van der Waals surface area contributed by atoms with Gasteiger partial charge in [-0.3, -0.25) is 4.68 Å². The van der Waals surface area contributed by atoms with Crippen LogP contribution in [-0.4, -0.2) is 15.8 Å². The number of nitrogens with zero attached hydrogens (tertiary/aromatic N) is 2. The highest BCUT2D eigenvalue weighted by atomic mass is 15.2. The molecule has 1 unspecified atom stereocenters. The Balaban J connectivity index is 2.36. The van der Waals surface area contributed by atoms with Crippen molar-refractivity contribution in [3.63, 3.8) is 0 Å². The number of rotatable bonds is 6. The maximum absolute atomic E-state index is 6.17. The standard InChI is InChI=1S/C12H23N3/c1-4-11(5-2)12(13)7-6-10-8-14-15(3)9-10/h8-9,11-12H,4-7,13H2,1-3H3. The molecule has 0 aliphatic heterocycles. The van der Waals surface area contributed by atoms with Gasteiger partial charge in [0.25, 0.3) is 0 Å². The largest absolute Gasteiger partial charge is 0.327 e. The first-order chi connectivity index (χ1) is 7.17. The summed E-state index contributed by atoms with van der Waals surface area (Å²) in [4.78, 5) is 0. The number of aromatic nitrogens is 2. The maximum Gasteiger partial charge on any atom is 0.0521 e. The first-order valence-corrected chi connectivity index (χ1v) is 5.90. The molecule has 0 radical (unpaired) electrons. The van der Waals surface area contributed by atoms with E-state index in [0.29, 0.717) is 12.0 Å². The molecule has 0 fully saturated rings. The van der Waals surface area contributed by atoms with Gasteiger partial charge in [0.2, 0.25) is 0 Å². The van der Waals surface area contributed by atoms with E-state index in [-0.39, 0.29) is 0 Å². The molecule has 0 aliphatic carbocycles. The summed E-state index contributed by atoms with van der Waals surface area (Å²) >= 11 is 0. The van der Waals surface area contributed by atoms with E-state index in [1.807, 2.05) is 17.9 Å². The third-order valence-electron chi connectivity index (χ3n) is 3.18. The van der Waals surface area contributed by atoms with Crippen LogP contribution >= 0.6 is 0 Å². The highest BCUT2D eigenvalue weighted by Gasteiger charge is 2.13. The van der Waals surface area contributed by atoms with E-state index in [4.69, 9.17) is 5.73 Å². The molecule has 15 heavy (non-hydrogen) atoms. The van der Waals surface area contributed by atoms with Crippen LogP contribution in [0.3, 0.4) is 0 Å². The van der Waals surface area contributed by atoms with E-state index in [0.717, 1.165) is 12.8 Å². The van der Waals surface area contributed by atoms with Crippen LogP contribution in [-0.2, 0) is 13.5 Å². The van der Waals surface area contributed by atoms with Crippen LogP contribution in [0.25, 0.3) is 0 Å². The molecule has 0 amide bonds. The predicted molar refractivity (Wildman–Crippen MR) is 63.6 cm³/mol. The summed E-state index contributed by atoms with van der Waals surface area (Å²) in [5, 5.41) is 4.16. The van der Waals surface area contributed by atoms with E-state index in [1.54, 1.807) is 0 Å². The maximum atomic E-state index is 6.17. The van der Waals surface area contributed by atoms with Gasteiger partial charge in [0.05, 0.1) is 6.20 Å². The molecule has 0 spiro atoms. The quantitative estimate of drug-likeness (QED) is 0.780. The second-order valence-corrected chi connectivity index (χ2v) is 4.30. The van der Waals surface area contributed by atoms with Gasteiger partial charge in [-0.15, -0.1) is 0 Å². The molecule has 3 heteroatoms. The van der Waals surface area contributed by atoms with E-state index < -0.39 is 0 Å². The van der Waals surface area contributed by atoms with E-state index in [2.05, 4.69) is 25.1 Å². The van der Waals surface area contributed by atoms with Gasteiger partial charge in [0.1, 0.15) is 0 Å². The van der Waals surface area contributed by atoms with Crippen molar-refractivity contribution < 1.29 is 0 Å². The van der Waals surface area contributed by atoms with Gasteiger partial charge in [0, 0.05) is 19.3 Å². The molecule has 0 aliphatic rings. The molecule has 3 nitrogen and oxygen atoms in total. The van der Waals surface area contributed by atoms with Crippen molar-refractivity contribution in [3.8, 4) is 0 Å². The Kier molecular flexibility index (Phi) is 4.82. The normalized spacial score (nSPS) is 13.4. The van der Waals surface area contributed by atoms with Gasteiger partial charge in [-0.05, 0) is 24.3 Å². The van der Waals surface area contributed by atoms with Crippen molar-refractivity contribution in [2.75, 3.05) is 0 Å². The number of nitrogens with two attached hydrogens (primary N) is 1. The Morgan fingerprint density at radius 3 is 2.53 bits per heavy atom. The van der Waals surface area contributed by atoms with Crippen LogP contribution in [0.2, 0.25) is 0 Å². The molecule has 1 aromatic rings. The Labute approximate surface area is 92.7 Å². The van der Waals surface area contributed by atoms with Crippen LogP contribution in [0.4, 0.5) is 0 Å². The third kappa shape index (κ3) is 3.67. The number of hydrogen-bond acceptors (Lipinski definition) is 2. The molecule has 1 rings (SSSR count). The predicted octanol–water partition coefficient (Wildman–Crippen LogP) is 2.12. The molecular formula is C12H23N3. The van der Waals surface area contributed by atoms with Gasteiger partial charge in [0.15, 0.2) is 0 Å². The third-order valence-corrected chi connectivity index (χ3v) is 3.18. The van der Waals surface area contributed by atoms with Gasteiger partial charge in [-0.2, -0.15) is 5.10 Å². The van der Waals surface area contributed by atoms with Crippen LogP contribution < -0.4 is 5.73 Å². The fourth-order valence-electron chi connectivity index (χ4n) is 2.06. The fourth-order valence-corrected chi connectivity index (χ4v) is 2.06. The average Bonchev–Trinajstić information content (AvgIpc) is 2.63. The molecular weight excluding hydrogens is 186 g/mol. The van der Waals surface area contributed by atoms with Crippen molar-refractivity contribution in [2.24, 2.45) is 18.7 Å². The van der Waals surface area contributed by atoms with Crippen molar-refractivity contribution in [1.82, 2.24) is 9.78 Å². The minimum atomic E-state index is 0.334. The Morgan fingerprint density at radius 2 is 2.07 bits per heavy atom. The van der Waals surface area contributed by atoms with Crippen LogP contribution in [0.5, 0.6) is 0 Å². The van der Waals surface area contributed by atoms with E-state index in [9.17, 15) is 0 Å². The van der Waals surface area contributed by atoms with E-state index >= 15 is 0 Å². The first-order valence-electron chi connectivity index (χ1n) is 5.90. The van der Waals surface area contributed by atoms with Crippen LogP contribution in [0.1, 0.15) is 38.7 Å². The average molecular weight is 209 g/mol. The van der Waals surface area contributed by atoms with Crippen molar-refractivity contribution in [1.29, 1.82) is 0 Å². The lowest BCUT2D eigenvalue weighted by Gasteiger charge is -2.20. The fraction of sp³-hybridized carbons (Fsp3) is 0.750. The minimum absolute atomic E-state index is 0.334. The smallest absolute Gasteiger partial charge is 0.0521 e. The lowest BCUT2D eigenvalue weighted by molar-refractivity contribution is 0.378. The summed E-state index contributed by atoms with van der Waals surface area (Å²) in [7, 11) is 1.95. The van der Waals surface area contributed by atoms with Gasteiger partial charge >= 0.3 is 0 Å². The van der Waals surface area contributed by atoms with Crippen molar-refractivity contribution in [3.05, 3.63) is 18.0 Å². The number of aryl methyl sites for hydroxylation is 2. The zero-order chi connectivity index (χ0) is 11.3. The van der Waals surface area contributed by atoms with Crippen molar-refractivity contribution >= 4 is 0 Å². The zero-order valence-electron chi connectivity index (χ0n) is 10.1. The monoisotopic (exact) mass is 209 g/mol. The molecule has 1 atom stereocenters. The molecule has 0 saturated heterocycles.